The fraction of sp³-hybridized carbons (Fsp3) is 0.250. The van der Waals surface area contributed by atoms with E-state index in [9.17, 15) is 14.4 Å². The number of carbonyl (C=O) groups excluding carboxylic acids is 3. The number of primary amides is 1. The molecular weight excluding hydrogens is 453 g/mol. The van der Waals surface area contributed by atoms with E-state index >= 15 is 0 Å². The summed E-state index contributed by atoms with van der Waals surface area (Å²) >= 11 is 17.8. The first-order valence-corrected chi connectivity index (χ1v) is 10.1. The minimum atomic E-state index is -0.547. The summed E-state index contributed by atoms with van der Waals surface area (Å²) in [5.41, 5.74) is 6.05. The minimum absolute atomic E-state index is 0.0880. The Morgan fingerprint density at radius 3 is 2.27 bits per heavy atom. The van der Waals surface area contributed by atoms with Crippen LogP contribution in [-0.2, 0) is 9.59 Å². The largest absolute Gasteiger partial charge is 0.482 e. The molecule has 160 valence electrons. The van der Waals surface area contributed by atoms with E-state index < -0.39 is 5.91 Å². The predicted molar refractivity (Wildman–Crippen MR) is 117 cm³/mol. The molecule has 0 unspecified atom stereocenters. The van der Waals surface area contributed by atoms with Gasteiger partial charge in [0.05, 0.1) is 15.1 Å². The number of halogens is 3. The van der Waals surface area contributed by atoms with Gasteiger partial charge in [-0.2, -0.15) is 0 Å². The quantitative estimate of drug-likeness (QED) is 0.538. The third-order valence-corrected chi connectivity index (χ3v) is 5.14. The van der Waals surface area contributed by atoms with Crippen LogP contribution in [0.25, 0.3) is 0 Å². The molecule has 0 atom stereocenters. The Balaban J connectivity index is 1.85. The first-order chi connectivity index (χ1) is 14.2. The molecular formula is C20H20Cl3N3O4. The summed E-state index contributed by atoms with van der Waals surface area (Å²) in [4.78, 5) is 37.1. The van der Waals surface area contributed by atoms with Crippen LogP contribution in [0.1, 0.15) is 23.7 Å². The summed E-state index contributed by atoms with van der Waals surface area (Å²) in [6.45, 7) is 2.14. The second-order valence-electron chi connectivity index (χ2n) is 6.20. The van der Waals surface area contributed by atoms with Crippen molar-refractivity contribution in [1.82, 2.24) is 4.90 Å². The standard InChI is InChI=1S/C20H20Cl3N3O4/c1-2-26(19(28)11-30-17-10-15(22)14(21)9-16(17)23)8-7-18(27)25-13-5-3-12(4-6-13)20(24)29/h3-6,9-10H,2,7-8,11H2,1H3,(H2,24,29)(H,25,27). The van der Waals surface area contributed by atoms with Crippen molar-refractivity contribution in [2.24, 2.45) is 5.73 Å². The lowest BCUT2D eigenvalue weighted by Gasteiger charge is -2.21. The number of ether oxygens (including phenoxy) is 1. The van der Waals surface area contributed by atoms with Gasteiger partial charge in [0, 0.05) is 36.8 Å². The number of benzene rings is 2. The number of carbonyl (C=O) groups is 3. The molecule has 7 nitrogen and oxygen atoms in total. The Morgan fingerprint density at radius 2 is 1.67 bits per heavy atom. The molecule has 0 saturated carbocycles. The van der Waals surface area contributed by atoms with Crippen molar-refractivity contribution >= 4 is 58.2 Å². The Labute approximate surface area is 189 Å². The summed E-state index contributed by atoms with van der Waals surface area (Å²) in [6.07, 6.45) is 0.0880. The molecule has 0 aromatic heterocycles. The van der Waals surface area contributed by atoms with Crippen LogP contribution < -0.4 is 15.8 Å². The fourth-order valence-corrected chi connectivity index (χ4v) is 3.07. The van der Waals surface area contributed by atoms with Gasteiger partial charge in [-0.05, 0) is 37.3 Å². The van der Waals surface area contributed by atoms with E-state index in [0.29, 0.717) is 17.8 Å². The topological polar surface area (TPSA) is 102 Å². The molecule has 0 spiro atoms. The van der Waals surface area contributed by atoms with Gasteiger partial charge in [0.25, 0.3) is 5.91 Å². The number of amides is 3. The van der Waals surface area contributed by atoms with Gasteiger partial charge in [-0.25, -0.2) is 0 Å². The fourth-order valence-electron chi connectivity index (χ4n) is 2.48. The van der Waals surface area contributed by atoms with Crippen molar-refractivity contribution < 1.29 is 19.1 Å². The lowest BCUT2D eigenvalue weighted by Crippen LogP contribution is -2.37. The van der Waals surface area contributed by atoms with Gasteiger partial charge in [0.15, 0.2) is 6.61 Å². The molecule has 2 rings (SSSR count). The molecule has 10 heteroatoms. The molecule has 0 bridgehead atoms. The molecule has 0 aliphatic carbocycles. The Kier molecular flexibility index (Phi) is 8.77. The molecule has 0 saturated heterocycles. The second kappa shape index (κ2) is 11.1. The van der Waals surface area contributed by atoms with Gasteiger partial charge >= 0.3 is 0 Å². The van der Waals surface area contributed by atoms with E-state index in [1.807, 2.05) is 0 Å². The van der Waals surface area contributed by atoms with E-state index in [4.69, 9.17) is 45.3 Å². The second-order valence-corrected chi connectivity index (χ2v) is 7.42. The zero-order chi connectivity index (χ0) is 22.3. The molecule has 0 fully saturated rings. The van der Waals surface area contributed by atoms with Crippen LogP contribution in [0.15, 0.2) is 36.4 Å². The molecule has 3 amide bonds. The molecule has 0 heterocycles. The average Bonchev–Trinajstić information content (AvgIpc) is 2.70. The normalized spacial score (nSPS) is 10.4. The molecule has 3 N–H and O–H groups in total. The van der Waals surface area contributed by atoms with Crippen LogP contribution in [-0.4, -0.2) is 42.3 Å². The summed E-state index contributed by atoms with van der Waals surface area (Å²) in [5.74, 6) is -0.887. The third-order valence-electron chi connectivity index (χ3n) is 4.12. The molecule has 2 aromatic carbocycles. The van der Waals surface area contributed by atoms with Crippen molar-refractivity contribution in [1.29, 1.82) is 0 Å². The molecule has 0 aliphatic rings. The number of nitrogens with two attached hydrogens (primary N) is 1. The zero-order valence-corrected chi connectivity index (χ0v) is 18.4. The van der Waals surface area contributed by atoms with Crippen molar-refractivity contribution in [3.63, 3.8) is 0 Å². The van der Waals surface area contributed by atoms with E-state index in [2.05, 4.69) is 5.32 Å². The smallest absolute Gasteiger partial charge is 0.260 e. The number of hydrogen-bond donors (Lipinski definition) is 2. The van der Waals surface area contributed by atoms with Gasteiger partial charge in [-0.3, -0.25) is 14.4 Å². The summed E-state index contributed by atoms with van der Waals surface area (Å²) in [5, 5.41) is 3.48. The highest BCUT2D eigenvalue weighted by Gasteiger charge is 2.16. The van der Waals surface area contributed by atoms with Gasteiger partial charge in [-0.15, -0.1) is 0 Å². The van der Waals surface area contributed by atoms with Crippen LogP contribution in [0.5, 0.6) is 5.75 Å². The molecule has 30 heavy (non-hydrogen) atoms. The minimum Gasteiger partial charge on any atom is -0.482 e. The van der Waals surface area contributed by atoms with E-state index in [0.717, 1.165) is 0 Å². The van der Waals surface area contributed by atoms with Gasteiger partial charge < -0.3 is 20.7 Å². The zero-order valence-electron chi connectivity index (χ0n) is 16.1. The predicted octanol–water partition coefficient (Wildman–Crippen LogP) is 4.00. The SMILES string of the molecule is CCN(CCC(=O)Nc1ccc(C(N)=O)cc1)C(=O)COc1cc(Cl)c(Cl)cc1Cl. The Morgan fingerprint density at radius 1 is 1.03 bits per heavy atom. The number of rotatable bonds is 9. The summed E-state index contributed by atoms with van der Waals surface area (Å²) in [7, 11) is 0. The lowest BCUT2D eigenvalue weighted by molar-refractivity contribution is -0.133. The highest BCUT2D eigenvalue weighted by atomic mass is 35.5. The number of nitrogens with one attached hydrogen (secondary N) is 1. The number of anilines is 1. The number of likely N-dealkylation sites (N-methyl/N-ethyl adjacent to an activating group) is 1. The van der Waals surface area contributed by atoms with Crippen molar-refractivity contribution in [3.05, 3.63) is 57.0 Å². The van der Waals surface area contributed by atoms with E-state index in [-0.39, 0.29) is 52.2 Å². The first-order valence-electron chi connectivity index (χ1n) is 8.96. The van der Waals surface area contributed by atoms with Gasteiger partial charge in [-0.1, -0.05) is 34.8 Å². The Bertz CT molecular complexity index is 936. The van der Waals surface area contributed by atoms with Gasteiger partial charge in [0.2, 0.25) is 11.8 Å². The number of hydrogen-bond acceptors (Lipinski definition) is 4. The van der Waals surface area contributed by atoms with Crippen LogP contribution in [0.4, 0.5) is 5.69 Å². The summed E-state index contributed by atoms with van der Waals surface area (Å²) in [6, 6.07) is 9.07. The van der Waals surface area contributed by atoms with Gasteiger partial charge in [0.1, 0.15) is 5.75 Å². The van der Waals surface area contributed by atoms with Crippen molar-refractivity contribution in [2.45, 2.75) is 13.3 Å². The first kappa shape index (κ1) is 23.8. The molecule has 2 aromatic rings. The van der Waals surface area contributed by atoms with E-state index in [1.165, 1.54) is 29.2 Å². The molecule has 0 aliphatic heterocycles. The van der Waals surface area contributed by atoms with Crippen molar-refractivity contribution in [3.8, 4) is 5.75 Å². The maximum absolute atomic E-state index is 12.4. The highest BCUT2D eigenvalue weighted by molar-refractivity contribution is 6.43. The number of nitrogens with zero attached hydrogens (tertiary/aromatic N) is 1. The maximum atomic E-state index is 12.4. The van der Waals surface area contributed by atoms with E-state index in [1.54, 1.807) is 19.1 Å². The Hall–Kier alpha value is -2.48. The van der Waals surface area contributed by atoms with Crippen LogP contribution in [0.2, 0.25) is 15.1 Å². The van der Waals surface area contributed by atoms with Crippen LogP contribution in [0.3, 0.4) is 0 Å². The molecule has 0 radical (unpaired) electrons. The van der Waals surface area contributed by atoms with Crippen LogP contribution >= 0.6 is 34.8 Å². The van der Waals surface area contributed by atoms with Crippen LogP contribution in [0, 0.1) is 0 Å². The average molecular weight is 473 g/mol. The highest BCUT2D eigenvalue weighted by Crippen LogP contribution is 2.33. The van der Waals surface area contributed by atoms with Crippen molar-refractivity contribution in [2.75, 3.05) is 25.0 Å². The lowest BCUT2D eigenvalue weighted by atomic mass is 10.2. The summed E-state index contributed by atoms with van der Waals surface area (Å²) < 4.78 is 5.45. The monoisotopic (exact) mass is 471 g/mol. The third kappa shape index (κ3) is 6.79. The maximum Gasteiger partial charge on any atom is 0.260 e.